The Morgan fingerprint density at radius 3 is 1.83 bits per heavy atom. The molecule has 102 valence electrons. The maximum Gasteiger partial charge on any atom is 0.241 e. The van der Waals surface area contributed by atoms with Crippen molar-refractivity contribution in [2.45, 2.75) is 44.9 Å². The number of amides is 2. The number of rotatable bonds is 2. The highest BCUT2D eigenvalue weighted by molar-refractivity contribution is 5.84. The number of hydrogen-bond donors (Lipinski definition) is 3. The number of hydrazine groups is 1. The molecule has 5 nitrogen and oxygen atoms in total. The first-order valence-electron chi connectivity index (χ1n) is 7.08. The lowest BCUT2D eigenvalue weighted by atomic mass is 9.89. The Balaban J connectivity index is 1.69. The highest BCUT2D eigenvalue weighted by Crippen LogP contribution is 2.23. The molecule has 1 saturated carbocycles. The number of piperidine rings is 1. The monoisotopic (exact) mass is 253 g/mol. The summed E-state index contributed by atoms with van der Waals surface area (Å²) in [5, 5.41) is 3.22. The lowest BCUT2D eigenvalue weighted by molar-refractivity contribution is -0.134. The van der Waals surface area contributed by atoms with Crippen LogP contribution < -0.4 is 16.2 Å². The number of carbonyl (C=O) groups excluding carboxylic acids is 2. The molecule has 2 aliphatic rings. The highest BCUT2D eigenvalue weighted by atomic mass is 16.2. The standard InChI is InChI=1S/C13H23N3O2/c17-12(10-4-2-1-3-5-10)15-16-13(18)11-6-8-14-9-7-11/h10-11,14H,1-9H2,(H,15,17)(H,16,18). The van der Waals surface area contributed by atoms with E-state index in [0.717, 1.165) is 51.6 Å². The molecule has 0 aromatic heterocycles. The minimum absolute atomic E-state index is 0.0167. The van der Waals surface area contributed by atoms with Crippen LogP contribution >= 0.6 is 0 Å². The molecule has 1 aliphatic heterocycles. The second-order valence-electron chi connectivity index (χ2n) is 5.34. The van der Waals surface area contributed by atoms with Gasteiger partial charge in [0.25, 0.3) is 0 Å². The van der Waals surface area contributed by atoms with Crippen molar-refractivity contribution in [3.63, 3.8) is 0 Å². The van der Waals surface area contributed by atoms with Gasteiger partial charge in [0.1, 0.15) is 0 Å². The van der Waals surface area contributed by atoms with E-state index >= 15 is 0 Å². The van der Waals surface area contributed by atoms with E-state index in [4.69, 9.17) is 0 Å². The fourth-order valence-corrected chi connectivity index (χ4v) is 2.78. The van der Waals surface area contributed by atoms with Gasteiger partial charge in [0, 0.05) is 11.8 Å². The van der Waals surface area contributed by atoms with Crippen molar-refractivity contribution in [1.82, 2.24) is 16.2 Å². The molecule has 5 heteroatoms. The lowest BCUT2D eigenvalue weighted by Crippen LogP contribution is -2.48. The molecular formula is C13H23N3O2. The average molecular weight is 253 g/mol. The van der Waals surface area contributed by atoms with Crippen molar-refractivity contribution >= 4 is 11.8 Å². The zero-order chi connectivity index (χ0) is 12.8. The first kappa shape index (κ1) is 13.3. The smallest absolute Gasteiger partial charge is 0.241 e. The minimum Gasteiger partial charge on any atom is -0.317 e. The molecule has 1 aliphatic carbocycles. The van der Waals surface area contributed by atoms with Crippen LogP contribution in [0.1, 0.15) is 44.9 Å². The molecule has 1 saturated heterocycles. The average Bonchev–Trinajstić information content (AvgIpc) is 2.46. The number of nitrogens with one attached hydrogen (secondary N) is 3. The van der Waals surface area contributed by atoms with E-state index in [1.165, 1.54) is 6.42 Å². The van der Waals surface area contributed by atoms with Crippen molar-refractivity contribution in [2.24, 2.45) is 11.8 Å². The summed E-state index contributed by atoms with van der Waals surface area (Å²) in [6, 6.07) is 0. The molecule has 2 fully saturated rings. The summed E-state index contributed by atoms with van der Waals surface area (Å²) >= 11 is 0. The van der Waals surface area contributed by atoms with Crippen LogP contribution in [0.25, 0.3) is 0 Å². The Kier molecular flexibility index (Phi) is 4.99. The van der Waals surface area contributed by atoms with Crippen LogP contribution in [0.4, 0.5) is 0 Å². The van der Waals surface area contributed by atoms with Crippen LogP contribution in [0.15, 0.2) is 0 Å². The number of hydrogen-bond acceptors (Lipinski definition) is 3. The molecule has 0 unspecified atom stereocenters. The third-order valence-corrected chi connectivity index (χ3v) is 3.99. The van der Waals surface area contributed by atoms with Crippen LogP contribution in [-0.4, -0.2) is 24.9 Å². The summed E-state index contributed by atoms with van der Waals surface area (Å²) in [6.07, 6.45) is 7.09. The summed E-state index contributed by atoms with van der Waals surface area (Å²) in [5.74, 6) is 0.0719. The van der Waals surface area contributed by atoms with E-state index in [9.17, 15) is 9.59 Å². The van der Waals surface area contributed by atoms with Gasteiger partial charge in [0.2, 0.25) is 11.8 Å². The Morgan fingerprint density at radius 2 is 1.28 bits per heavy atom. The van der Waals surface area contributed by atoms with Gasteiger partial charge in [0.05, 0.1) is 0 Å². The number of carbonyl (C=O) groups is 2. The summed E-state index contributed by atoms with van der Waals surface area (Å²) in [7, 11) is 0. The van der Waals surface area contributed by atoms with Crippen LogP contribution in [-0.2, 0) is 9.59 Å². The Labute approximate surface area is 108 Å². The molecule has 0 aromatic carbocycles. The summed E-state index contributed by atoms with van der Waals surface area (Å²) < 4.78 is 0. The van der Waals surface area contributed by atoms with Crippen molar-refractivity contribution < 1.29 is 9.59 Å². The maximum atomic E-state index is 11.8. The highest BCUT2D eigenvalue weighted by Gasteiger charge is 2.24. The van der Waals surface area contributed by atoms with Gasteiger partial charge in [-0.15, -0.1) is 0 Å². The van der Waals surface area contributed by atoms with Crippen molar-refractivity contribution in [2.75, 3.05) is 13.1 Å². The fourth-order valence-electron chi connectivity index (χ4n) is 2.78. The molecule has 0 spiro atoms. The Hall–Kier alpha value is -1.10. The molecule has 2 rings (SSSR count). The molecule has 0 aromatic rings. The van der Waals surface area contributed by atoms with Gasteiger partial charge < -0.3 is 5.32 Å². The van der Waals surface area contributed by atoms with Gasteiger partial charge >= 0.3 is 0 Å². The fraction of sp³-hybridized carbons (Fsp3) is 0.846. The second kappa shape index (κ2) is 6.73. The first-order chi connectivity index (χ1) is 8.77. The van der Waals surface area contributed by atoms with E-state index in [2.05, 4.69) is 16.2 Å². The van der Waals surface area contributed by atoms with Gasteiger partial charge in [-0.25, -0.2) is 0 Å². The maximum absolute atomic E-state index is 11.8. The predicted molar refractivity (Wildman–Crippen MR) is 68.5 cm³/mol. The van der Waals surface area contributed by atoms with Gasteiger partial charge in [0.15, 0.2) is 0 Å². The largest absolute Gasteiger partial charge is 0.317 e. The van der Waals surface area contributed by atoms with E-state index in [0.29, 0.717) is 0 Å². The first-order valence-corrected chi connectivity index (χ1v) is 7.08. The summed E-state index contributed by atoms with van der Waals surface area (Å²) in [4.78, 5) is 23.7. The lowest BCUT2D eigenvalue weighted by Gasteiger charge is -2.24. The summed E-state index contributed by atoms with van der Waals surface area (Å²) in [5.41, 5.74) is 5.17. The Morgan fingerprint density at radius 1 is 0.778 bits per heavy atom. The predicted octanol–water partition coefficient (Wildman–Crippen LogP) is 0.714. The van der Waals surface area contributed by atoms with Gasteiger partial charge in [-0.05, 0) is 38.8 Å². The van der Waals surface area contributed by atoms with Crippen molar-refractivity contribution in [3.8, 4) is 0 Å². The molecule has 2 amide bonds. The van der Waals surface area contributed by atoms with Crippen LogP contribution in [0.2, 0.25) is 0 Å². The summed E-state index contributed by atoms with van der Waals surface area (Å²) in [6.45, 7) is 1.77. The third kappa shape index (κ3) is 3.70. The van der Waals surface area contributed by atoms with E-state index in [-0.39, 0.29) is 23.7 Å². The second-order valence-corrected chi connectivity index (χ2v) is 5.34. The SMILES string of the molecule is O=C(NNC(=O)C1CCNCC1)C1CCCCC1. The van der Waals surface area contributed by atoms with Crippen LogP contribution in [0.5, 0.6) is 0 Å². The molecule has 3 N–H and O–H groups in total. The third-order valence-electron chi connectivity index (χ3n) is 3.99. The molecule has 18 heavy (non-hydrogen) atoms. The minimum atomic E-state index is -0.0411. The van der Waals surface area contributed by atoms with Crippen LogP contribution in [0.3, 0.4) is 0 Å². The van der Waals surface area contributed by atoms with Crippen molar-refractivity contribution in [3.05, 3.63) is 0 Å². The quantitative estimate of drug-likeness (QED) is 0.635. The van der Waals surface area contributed by atoms with Gasteiger partial charge in [-0.2, -0.15) is 0 Å². The zero-order valence-corrected chi connectivity index (χ0v) is 10.8. The molecule has 0 atom stereocenters. The van der Waals surface area contributed by atoms with Gasteiger partial charge in [-0.3, -0.25) is 20.4 Å². The molecule has 0 bridgehead atoms. The molecule has 1 heterocycles. The van der Waals surface area contributed by atoms with Crippen molar-refractivity contribution in [1.29, 1.82) is 0 Å². The Bertz CT molecular complexity index is 265. The van der Waals surface area contributed by atoms with Crippen LogP contribution in [0, 0.1) is 11.8 Å². The topological polar surface area (TPSA) is 70.2 Å². The normalized spacial score (nSPS) is 22.4. The molecule has 0 radical (unpaired) electrons. The van der Waals surface area contributed by atoms with E-state index in [1.807, 2.05) is 0 Å². The molecular weight excluding hydrogens is 230 g/mol. The van der Waals surface area contributed by atoms with Gasteiger partial charge in [-0.1, -0.05) is 19.3 Å². The zero-order valence-electron chi connectivity index (χ0n) is 10.8. The van der Waals surface area contributed by atoms with E-state index in [1.54, 1.807) is 0 Å². The van der Waals surface area contributed by atoms with E-state index < -0.39 is 0 Å².